The number of thiophene rings is 1. The Hall–Kier alpha value is -2.99. The van der Waals surface area contributed by atoms with Crippen molar-refractivity contribution in [2.75, 3.05) is 53.0 Å². The van der Waals surface area contributed by atoms with E-state index in [1.807, 2.05) is 36.4 Å². The van der Waals surface area contributed by atoms with E-state index in [1.54, 1.807) is 13.2 Å². The van der Waals surface area contributed by atoms with Crippen molar-refractivity contribution < 1.29 is 23.4 Å². The molecule has 0 radical (unpaired) electrons. The smallest absolute Gasteiger partial charge is 0.347 e. The molecule has 5 rings (SSSR count). The third kappa shape index (κ3) is 6.60. The minimum absolute atomic E-state index is 0.242. The van der Waals surface area contributed by atoms with Gasteiger partial charge >= 0.3 is 5.97 Å². The Morgan fingerprint density at radius 1 is 1.15 bits per heavy atom. The van der Waals surface area contributed by atoms with Gasteiger partial charge in [0.2, 0.25) is 12.0 Å². The van der Waals surface area contributed by atoms with Crippen LogP contribution in [0.5, 0.6) is 11.6 Å². The van der Waals surface area contributed by atoms with E-state index >= 15 is 0 Å². The highest BCUT2D eigenvalue weighted by Gasteiger charge is 2.28. The molecule has 0 N–H and O–H groups in total. The van der Waals surface area contributed by atoms with Crippen LogP contribution in [0.25, 0.3) is 20.9 Å². The fraction of sp³-hybridized carbons (Fsp3) is 0.393. The lowest BCUT2D eigenvalue weighted by Gasteiger charge is -2.32. The van der Waals surface area contributed by atoms with Gasteiger partial charge in [-0.2, -0.15) is 0 Å². The number of carbonyl (C=O) groups excluding carboxylic acids is 1. The van der Waals surface area contributed by atoms with Crippen molar-refractivity contribution >= 4 is 43.5 Å². The molecule has 1 atom stereocenters. The van der Waals surface area contributed by atoms with Crippen molar-refractivity contribution in [3.8, 4) is 22.3 Å². The molecule has 0 amide bonds. The second-order valence-corrected chi connectivity index (χ2v) is 11.0. The number of ether oxygens (including phenoxy) is 3. The number of carbonyl (C=O) groups is 1. The summed E-state index contributed by atoms with van der Waals surface area (Å²) in [7, 11) is 2.15. The third-order valence-corrected chi connectivity index (χ3v) is 8.75. The number of hydrogen-bond donors (Lipinski definition) is 0. The number of likely N-dealkylation sites (N-methyl/N-ethyl adjacent to an activating group) is 1. The Balaban J connectivity index is 1.35. The van der Waals surface area contributed by atoms with Crippen molar-refractivity contribution in [1.29, 1.82) is 0 Å². The molecular weight excluding hydrogens is 584 g/mol. The van der Waals surface area contributed by atoms with Gasteiger partial charge in [-0.25, -0.2) is 14.8 Å². The van der Waals surface area contributed by atoms with Crippen molar-refractivity contribution in [1.82, 2.24) is 19.8 Å². The van der Waals surface area contributed by atoms with Crippen LogP contribution < -0.4 is 9.47 Å². The highest BCUT2D eigenvalue weighted by atomic mass is 79.9. The van der Waals surface area contributed by atoms with Crippen molar-refractivity contribution in [2.24, 2.45) is 0 Å². The van der Waals surface area contributed by atoms with Crippen LogP contribution in [0.2, 0.25) is 0 Å². The molecule has 4 aromatic rings. The van der Waals surface area contributed by atoms with E-state index in [2.05, 4.69) is 42.7 Å². The van der Waals surface area contributed by atoms with Crippen LogP contribution >= 0.6 is 27.3 Å². The van der Waals surface area contributed by atoms with Crippen LogP contribution in [0, 0.1) is 0 Å². The number of halogens is 1. The second kappa shape index (κ2) is 12.9. The Labute approximate surface area is 239 Å². The van der Waals surface area contributed by atoms with Crippen LogP contribution in [-0.4, -0.2) is 84.8 Å². The summed E-state index contributed by atoms with van der Waals surface area (Å²) in [6.45, 7) is 7.63. The Morgan fingerprint density at radius 3 is 2.74 bits per heavy atom. The first kappa shape index (κ1) is 27.6. The zero-order valence-corrected chi connectivity index (χ0v) is 24.4. The molecule has 0 spiro atoms. The molecule has 1 saturated heterocycles. The number of benzene rings is 1. The van der Waals surface area contributed by atoms with Gasteiger partial charge in [0.25, 0.3) is 0 Å². The average Bonchev–Trinajstić information content (AvgIpc) is 3.59. The summed E-state index contributed by atoms with van der Waals surface area (Å²) in [5.74, 6) is 1.27. The van der Waals surface area contributed by atoms with Crippen molar-refractivity contribution in [2.45, 2.75) is 19.4 Å². The number of nitrogens with zero attached hydrogens (tertiary/aromatic N) is 4. The largest absolute Gasteiger partial charge is 0.492 e. The number of para-hydroxylation sites is 1. The monoisotopic (exact) mass is 614 g/mol. The van der Waals surface area contributed by atoms with Crippen LogP contribution in [-0.2, 0) is 16.0 Å². The molecular formula is C28H31BrN4O5S. The molecule has 1 fully saturated rings. The van der Waals surface area contributed by atoms with Gasteiger partial charge < -0.3 is 23.5 Å². The average molecular weight is 616 g/mol. The maximum atomic E-state index is 13.1. The maximum Gasteiger partial charge on any atom is 0.347 e. The molecule has 4 heterocycles. The Morgan fingerprint density at radius 2 is 1.97 bits per heavy atom. The van der Waals surface area contributed by atoms with Gasteiger partial charge in [0.05, 0.1) is 27.6 Å². The van der Waals surface area contributed by atoms with E-state index in [-0.39, 0.29) is 13.0 Å². The molecule has 1 aliphatic heterocycles. The van der Waals surface area contributed by atoms with Crippen LogP contribution in [0.1, 0.15) is 12.5 Å². The fourth-order valence-electron chi connectivity index (χ4n) is 4.44. The summed E-state index contributed by atoms with van der Waals surface area (Å²) in [5, 5.41) is 0.680. The molecule has 0 bridgehead atoms. The van der Waals surface area contributed by atoms with Gasteiger partial charge in [-0.3, -0.25) is 4.90 Å². The van der Waals surface area contributed by atoms with Crippen molar-refractivity contribution in [3.05, 3.63) is 59.0 Å². The number of furan rings is 1. The van der Waals surface area contributed by atoms with Crippen LogP contribution in [0.15, 0.2) is 57.9 Å². The summed E-state index contributed by atoms with van der Waals surface area (Å²) in [6, 6.07) is 11.4. The summed E-state index contributed by atoms with van der Waals surface area (Å²) < 4.78 is 24.2. The molecule has 0 aliphatic carbocycles. The molecule has 3 aromatic heterocycles. The van der Waals surface area contributed by atoms with Gasteiger partial charge in [-0.1, -0.05) is 18.2 Å². The van der Waals surface area contributed by atoms with E-state index in [9.17, 15) is 4.79 Å². The topological polar surface area (TPSA) is 90.2 Å². The van der Waals surface area contributed by atoms with Gasteiger partial charge in [0.15, 0.2) is 0 Å². The standard InChI is InChI=1S/C28H31BrN4O5S/c1-3-35-28(34)22(17-19-7-4-5-8-20(19)37-16-14-33-12-10-32(2)11-13-33)38-26-23-24(29)25(21-9-6-15-36-21)39-27(23)31-18-30-26/h4-9,15,18,22H,3,10-14,16-17H2,1-2H3/t22-/m0/s1. The SMILES string of the molecule is CCOC(=O)[C@H](Cc1ccccc1OCCN1CCN(C)CC1)Oc1ncnc2sc(-c3ccco3)c(Br)c12. The predicted octanol–water partition coefficient (Wildman–Crippen LogP) is 4.89. The normalized spacial score (nSPS) is 15.4. The number of piperazine rings is 1. The van der Waals surface area contributed by atoms with E-state index < -0.39 is 12.1 Å². The zero-order valence-electron chi connectivity index (χ0n) is 22.0. The molecule has 39 heavy (non-hydrogen) atoms. The van der Waals surface area contributed by atoms with Crippen LogP contribution in [0.3, 0.4) is 0 Å². The first-order valence-electron chi connectivity index (χ1n) is 12.9. The minimum atomic E-state index is -0.927. The first-order chi connectivity index (χ1) is 19.0. The lowest BCUT2D eigenvalue weighted by molar-refractivity contribution is -0.151. The number of esters is 1. The van der Waals surface area contributed by atoms with E-state index in [0.29, 0.717) is 28.5 Å². The highest BCUT2D eigenvalue weighted by Crippen LogP contribution is 2.44. The molecule has 11 heteroatoms. The zero-order chi connectivity index (χ0) is 27.2. The first-order valence-corrected chi connectivity index (χ1v) is 14.6. The molecule has 0 unspecified atom stereocenters. The summed E-state index contributed by atoms with van der Waals surface area (Å²) in [4.78, 5) is 28.2. The Kier molecular flexibility index (Phi) is 9.13. The van der Waals surface area contributed by atoms with Gasteiger partial charge in [-0.15, -0.1) is 11.3 Å². The third-order valence-electron chi connectivity index (χ3n) is 6.58. The van der Waals surface area contributed by atoms with E-state index in [0.717, 1.165) is 53.4 Å². The lowest BCUT2D eigenvalue weighted by Crippen LogP contribution is -2.45. The summed E-state index contributed by atoms with van der Waals surface area (Å²) in [5.41, 5.74) is 0.861. The van der Waals surface area contributed by atoms with Gasteiger partial charge in [0, 0.05) is 39.1 Å². The molecule has 9 nitrogen and oxygen atoms in total. The number of fused-ring (bicyclic) bond motifs is 1. The van der Waals surface area contributed by atoms with Crippen molar-refractivity contribution in [3.63, 3.8) is 0 Å². The maximum absolute atomic E-state index is 13.1. The number of aromatic nitrogens is 2. The van der Waals surface area contributed by atoms with Gasteiger partial charge in [-0.05, 0) is 53.7 Å². The number of hydrogen-bond acceptors (Lipinski definition) is 10. The predicted molar refractivity (Wildman–Crippen MR) is 153 cm³/mol. The number of rotatable bonds is 11. The summed E-state index contributed by atoms with van der Waals surface area (Å²) in [6.07, 6.45) is 2.40. The fourth-order valence-corrected chi connectivity index (χ4v) is 6.36. The molecule has 1 aromatic carbocycles. The minimum Gasteiger partial charge on any atom is -0.492 e. The molecule has 0 saturated carbocycles. The van der Waals surface area contributed by atoms with E-state index in [4.69, 9.17) is 18.6 Å². The summed E-state index contributed by atoms with van der Waals surface area (Å²) >= 11 is 5.13. The molecule has 1 aliphatic rings. The van der Waals surface area contributed by atoms with E-state index in [1.165, 1.54) is 17.7 Å². The molecule has 206 valence electrons. The van der Waals surface area contributed by atoms with Gasteiger partial charge in [0.1, 0.15) is 29.3 Å². The Bertz CT molecular complexity index is 1390. The van der Waals surface area contributed by atoms with Crippen LogP contribution in [0.4, 0.5) is 0 Å². The highest BCUT2D eigenvalue weighted by molar-refractivity contribution is 9.10. The lowest BCUT2D eigenvalue weighted by atomic mass is 10.1. The quantitative estimate of drug-likeness (QED) is 0.219. The second-order valence-electron chi connectivity index (χ2n) is 9.25.